The van der Waals surface area contributed by atoms with E-state index in [9.17, 15) is 0 Å². The third-order valence-electron chi connectivity index (χ3n) is 5.87. The molecule has 30 heavy (non-hydrogen) atoms. The molecule has 0 fully saturated rings. The van der Waals surface area contributed by atoms with Gasteiger partial charge >= 0.3 is 5.65 Å². The van der Waals surface area contributed by atoms with Gasteiger partial charge in [-0.15, -0.1) is 0 Å². The highest BCUT2D eigenvalue weighted by Gasteiger charge is 2.24. The Balaban J connectivity index is 1.69. The molecule has 3 heteroatoms. The molecule has 0 unspecified atom stereocenters. The van der Waals surface area contributed by atoms with Crippen LogP contribution in [0.15, 0.2) is 72.9 Å². The van der Waals surface area contributed by atoms with Gasteiger partial charge in [0.25, 0.3) is 0 Å². The summed E-state index contributed by atoms with van der Waals surface area (Å²) >= 11 is 0. The zero-order valence-electron chi connectivity index (χ0n) is 18.6. The molecule has 0 aliphatic heterocycles. The molecule has 0 spiro atoms. The van der Waals surface area contributed by atoms with Gasteiger partial charge in [-0.2, -0.15) is 4.40 Å². The first kappa shape index (κ1) is 20.2. The van der Waals surface area contributed by atoms with Crippen LogP contribution in [0.2, 0.25) is 0 Å². The quantitative estimate of drug-likeness (QED) is 0.390. The Kier molecular flexibility index (Phi) is 5.38. The monoisotopic (exact) mass is 399 g/mol. The van der Waals surface area contributed by atoms with Crippen molar-refractivity contribution in [1.29, 1.82) is 0 Å². The van der Waals surface area contributed by atoms with Crippen molar-refractivity contribution in [3.05, 3.63) is 101 Å². The second-order valence-corrected chi connectivity index (χ2v) is 9.04. The third kappa shape index (κ3) is 3.97. The van der Waals surface area contributed by atoms with Gasteiger partial charge < -0.3 is 4.74 Å². The number of aryl methyl sites for hydroxylation is 1. The number of rotatable bonds is 5. The largest absolute Gasteiger partial charge is 0.481 e. The molecule has 0 radical (unpaired) electrons. The summed E-state index contributed by atoms with van der Waals surface area (Å²) in [6.07, 6.45) is 2.12. The van der Waals surface area contributed by atoms with Crippen LogP contribution in [0.3, 0.4) is 0 Å². The first-order valence-electron chi connectivity index (χ1n) is 10.6. The molecule has 3 nitrogen and oxygen atoms in total. The molecule has 0 saturated carbocycles. The van der Waals surface area contributed by atoms with Crippen LogP contribution < -0.4 is 9.30 Å². The number of pyridine rings is 1. The summed E-state index contributed by atoms with van der Waals surface area (Å²) in [5, 5.41) is 0. The van der Waals surface area contributed by atoms with E-state index in [1.165, 1.54) is 28.1 Å². The molecule has 0 atom stereocenters. The van der Waals surface area contributed by atoms with Gasteiger partial charge in [-0.3, -0.25) is 0 Å². The number of fused-ring (bicyclic) bond motifs is 1. The molecular weight excluding hydrogens is 368 g/mol. The fourth-order valence-corrected chi connectivity index (χ4v) is 3.88. The van der Waals surface area contributed by atoms with E-state index in [0.717, 1.165) is 17.9 Å². The third-order valence-corrected chi connectivity index (χ3v) is 5.87. The average Bonchev–Trinajstić information content (AvgIpc) is 2.98. The molecule has 2 heterocycles. The Bertz CT molecular complexity index is 1150. The van der Waals surface area contributed by atoms with Crippen molar-refractivity contribution in [3.8, 4) is 5.75 Å². The molecule has 0 N–H and O–H groups in total. The summed E-state index contributed by atoms with van der Waals surface area (Å²) in [7, 11) is 0. The van der Waals surface area contributed by atoms with E-state index >= 15 is 0 Å². The van der Waals surface area contributed by atoms with E-state index in [0.29, 0.717) is 6.61 Å². The molecule has 0 aliphatic rings. The van der Waals surface area contributed by atoms with Gasteiger partial charge in [0.15, 0.2) is 0 Å². The second-order valence-electron chi connectivity index (χ2n) is 9.04. The van der Waals surface area contributed by atoms with Crippen LogP contribution in [0.5, 0.6) is 5.75 Å². The SMILES string of the molecule is Cc1c(C)[n+](Cc2ccc(C(C)(C)C)cc2)c2c(OCc3ccccc3)cccn12. The smallest absolute Gasteiger partial charge is 0.329 e. The molecule has 0 bridgehead atoms. The topological polar surface area (TPSA) is 17.5 Å². The standard InChI is InChI=1S/C27H31N2O/c1-20-21(2)29(18-22-13-15-24(16-14-22)27(3,4)5)26-25(12-9-17-28(20)26)30-19-23-10-7-6-8-11-23/h6-17H,18-19H2,1-5H3/q+1. The number of ether oxygens (including phenoxy) is 1. The fourth-order valence-electron chi connectivity index (χ4n) is 3.88. The highest BCUT2D eigenvalue weighted by Crippen LogP contribution is 2.24. The minimum atomic E-state index is 0.166. The Morgan fingerprint density at radius 1 is 0.833 bits per heavy atom. The molecule has 0 aliphatic carbocycles. The van der Waals surface area contributed by atoms with Gasteiger partial charge in [-0.25, -0.2) is 4.57 Å². The van der Waals surface area contributed by atoms with Gasteiger partial charge in [0.05, 0.1) is 6.20 Å². The maximum Gasteiger partial charge on any atom is 0.329 e. The van der Waals surface area contributed by atoms with E-state index in [2.05, 4.69) is 98.3 Å². The molecule has 0 saturated heterocycles. The lowest BCUT2D eigenvalue weighted by Crippen LogP contribution is -2.36. The number of hydrogen-bond donors (Lipinski definition) is 0. The lowest BCUT2D eigenvalue weighted by Gasteiger charge is -2.19. The van der Waals surface area contributed by atoms with E-state index in [4.69, 9.17) is 4.74 Å². The van der Waals surface area contributed by atoms with Crippen molar-refractivity contribution in [2.75, 3.05) is 0 Å². The summed E-state index contributed by atoms with van der Waals surface area (Å²) in [5.41, 5.74) is 7.58. The number of nitrogens with zero attached hydrogens (tertiary/aromatic N) is 2. The predicted octanol–water partition coefficient (Wildman–Crippen LogP) is 5.77. The zero-order valence-corrected chi connectivity index (χ0v) is 18.6. The molecule has 0 amide bonds. The van der Waals surface area contributed by atoms with Gasteiger partial charge in [0.2, 0.25) is 5.75 Å². The van der Waals surface area contributed by atoms with Crippen LogP contribution in [-0.4, -0.2) is 4.40 Å². The zero-order chi connectivity index (χ0) is 21.3. The van der Waals surface area contributed by atoms with Crippen LogP contribution in [0.1, 0.15) is 48.8 Å². The van der Waals surface area contributed by atoms with E-state index in [1.807, 2.05) is 18.2 Å². The van der Waals surface area contributed by atoms with Gasteiger partial charge in [-0.1, -0.05) is 75.4 Å². The van der Waals surface area contributed by atoms with Gasteiger partial charge in [0.1, 0.15) is 24.5 Å². The lowest BCUT2D eigenvalue weighted by molar-refractivity contribution is -0.668. The van der Waals surface area contributed by atoms with Crippen LogP contribution in [0.25, 0.3) is 5.65 Å². The maximum atomic E-state index is 6.27. The van der Waals surface area contributed by atoms with Crippen LogP contribution in [0, 0.1) is 13.8 Å². The Hall–Kier alpha value is -3.07. The van der Waals surface area contributed by atoms with Crippen molar-refractivity contribution in [2.45, 2.75) is 53.2 Å². The van der Waals surface area contributed by atoms with Crippen LogP contribution in [-0.2, 0) is 18.6 Å². The summed E-state index contributed by atoms with van der Waals surface area (Å²) < 4.78 is 10.9. The highest BCUT2D eigenvalue weighted by molar-refractivity contribution is 5.51. The minimum Gasteiger partial charge on any atom is -0.481 e. The molecule has 4 aromatic rings. The second kappa shape index (κ2) is 7.98. The number of benzene rings is 2. The molecular formula is C27H31N2O+. The van der Waals surface area contributed by atoms with Gasteiger partial charge in [0, 0.05) is 13.8 Å². The van der Waals surface area contributed by atoms with Crippen molar-refractivity contribution in [1.82, 2.24) is 4.40 Å². The maximum absolute atomic E-state index is 6.27. The Morgan fingerprint density at radius 3 is 2.20 bits per heavy atom. The first-order chi connectivity index (χ1) is 14.3. The van der Waals surface area contributed by atoms with Crippen LogP contribution in [0.4, 0.5) is 0 Å². The van der Waals surface area contributed by atoms with Crippen molar-refractivity contribution in [3.63, 3.8) is 0 Å². The van der Waals surface area contributed by atoms with Crippen molar-refractivity contribution >= 4 is 5.65 Å². The number of imidazole rings is 1. The van der Waals surface area contributed by atoms with E-state index < -0.39 is 0 Å². The number of aromatic nitrogens is 2. The Morgan fingerprint density at radius 2 is 1.53 bits per heavy atom. The minimum absolute atomic E-state index is 0.166. The normalized spacial score (nSPS) is 11.8. The molecule has 4 rings (SSSR count). The first-order valence-corrected chi connectivity index (χ1v) is 10.6. The number of hydrogen-bond acceptors (Lipinski definition) is 1. The molecule has 154 valence electrons. The summed E-state index contributed by atoms with van der Waals surface area (Å²) in [5.74, 6) is 0.906. The van der Waals surface area contributed by atoms with Gasteiger partial charge in [-0.05, 0) is 34.2 Å². The lowest BCUT2D eigenvalue weighted by atomic mass is 9.87. The molecule has 2 aromatic carbocycles. The van der Waals surface area contributed by atoms with E-state index in [-0.39, 0.29) is 5.41 Å². The summed E-state index contributed by atoms with van der Waals surface area (Å²) in [4.78, 5) is 0. The molecule has 2 aromatic heterocycles. The summed E-state index contributed by atoms with van der Waals surface area (Å²) in [6.45, 7) is 12.5. The Labute approximate surface area is 179 Å². The predicted molar refractivity (Wildman–Crippen MR) is 122 cm³/mol. The summed E-state index contributed by atoms with van der Waals surface area (Å²) in [6, 6.07) is 23.4. The fraction of sp³-hybridized carbons (Fsp3) is 0.296. The van der Waals surface area contributed by atoms with Crippen molar-refractivity contribution in [2.24, 2.45) is 0 Å². The average molecular weight is 400 g/mol. The van der Waals surface area contributed by atoms with E-state index in [1.54, 1.807) is 0 Å². The van der Waals surface area contributed by atoms with Crippen molar-refractivity contribution < 1.29 is 9.30 Å². The highest BCUT2D eigenvalue weighted by atomic mass is 16.5. The van der Waals surface area contributed by atoms with Crippen LogP contribution >= 0.6 is 0 Å².